The highest BCUT2D eigenvalue weighted by Gasteiger charge is 2.49. The van der Waals surface area contributed by atoms with Crippen LogP contribution in [0, 0.1) is 0 Å². The normalized spacial score (nSPS) is 24.8. The van der Waals surface area contributed by atoms with E-state index in [-0.39, 0.29) is 18.5 Å². The summed E-state index contributed by atoms with van der Waals surface area (Å²) in [5.41, 5.74) is -0.664. The Hall–Kier alpha value is -2.77. The van der Waals surface area contributed by atoms with Gasteiger partial charge in [0, 0.05) is 12.5 Å². The van der Waals surface area contributed by atoms with E-state index >= 15 is 0 Å². The first kappa shape index (κ1) is 19.5. The highest BCUT2D eigenvalue weighted by Crippen LogP contribution is 2.36. The first-order valence-corrected chi connectivity index (χ1v) is 10.3. The second-order valence-electron chi connectivity index (χ2n) is 8.06. The molecule has 0 spiro atoms. The Morgan fingerprint density at radius 1 is 1.14 bits per heavy atom. The van der Waals surface area contributed by atoms with Gasteiger partial charge in [0.05, 0.1) is 13.2 Å². The third kappa shape index (κ3) is 3.88. The molecule has 156 valence electrons. The highest BCUT2D eigenvalue weighted by atomic mass is 16.5. The molecule has 2 aliphatic heterocycles. The maximum absolute atomic E-state index is 13.1. The number of imide groups is 1. The zero-order valence-corrected chi connectivity index (χ0v) is 16.7. The first-order chi connectivity index (χ1) is 14.0. The summed E-state index contributed by atoms with van der Waals surface area (Å²) in [6.45, 7) is 2.47. The number of benzene rings is 1. The summed E-state index contributed by atoms with van der Waals surface area (Å²) in [7, 11) is 0. The summed E-state index contributed by atoms with van der Waals surface area (Å²) < 4.78 is 11.3. The van der Waals surface area contributed by atoms with E-state index in [1.807, 2.05) is 0 Å². The van der Waals surface area contributed by atoms with Crippen LogP contribution in [0.15, 0.2) is 18.2 Å². The lowest BCUT2D eigenvalue weighted by atomic mass is 9.91. The SMILES string of the molecule is C[C@]1(c2ccc3c(c2)OCCCO3)NC(=O)N(CC(=O)NC2CCCCC2)C1=O. The molecule has 1 atom stereocenters. The molecule has 0 unspecified atom stereocenters. The number of urea groups is 1. The van der Waals surface area contributed by atoms with Gasteiger partial charge in [-0.05, 0) is 37.5 Å². The van der Waals surface area contributed by atoms with Gasteiger partial charge in [0.25, 0.3) is 5.91 Å². The summed E-state index contributed by atoms with van der Waals surface area (Å²) >= 11 is 0. The van der Waals surface area contributed by atoms with Crippen molar-refractivity contribution < 1.29 is 23.9 Å². The quantitative estimate of drug-likeness (QED) is 0.753. The van der Waals surface area contributed by atoms with Gasteiger partial charge in [-0.3, -0.25) is 14.5 Å². The van der Waals surface area contributed by atoms with Crippen molar-refractivity contribution >= 4 is 17.8 Å². The number of hydrogen-bond donors (Lipinski definition) is 2. The molecule has 1 saturated carbocycles. The van der Waals surface area contributed by atoms with Gasteiger partial charge in [0.1, 0.15) is 12.1 Å². The van der Waals surface area contributed by atoms with Crippen molar-refractivity contribution in [2.75, 3.05) is 19.8 Å². The molecular formula is C21H27N3O5. The van der Waals surface area contributed by atoms with Crippen LogP contribution in [0.25, 0.3) is 0 Å². The van der Waals surface area contributed by atoms with Gasteiger partial charge >= 0.3 is 6.03 Å². The predicted molar refractivity (Wildman–Crippen MR) is 105 cm³/mol. The fourth-order valence-electron chi connectivity index (χ4n) is 4.17. The van der Waals surface area contributed by atoms with Gasteiger partial charge in [-0.1, -0.05) is 25.3 Å². The van der Waals surface area contributed by atoms with Crippen molar-refractivity contribution in [1.29, 1.82) is 0 Å². The third-order valence-corrected chi connectivity index (χ3v) is 5.87. The molecule has 8 heteroatoms. The Morgan fingerprint density at radius 3 is 2.62 bits per heavy atom. The zero-order chi connectivity index (χ0) is 20.4. The number of carbonyl (C=O) groups is 3. The van der Waals surface area contributed by atoms with Crippen LogP contribution in [-0.4, -0.2) is 48.5 Å². The van der Waals surface area contributed by atoms with E-state index in [4.69, 9.17) is 9.47 Å². The van der Waals surface area contributed by atoms with Crippen molar-refractivity contribution in [1.82, 2.24) is 15.5 Å². The minimum absolute atomic E-state index is 0.130. The van der Waals surface area contributed by atoms with E-state index in [0.29, 0.717) is 30.3 Å². The third-order valence-electron chi connectivity index (χ3n) is 5.87. The van der Waals surface area contributed by atoms with E-state index in [2.05, 4.69) is 10.6 Å². The smallest absolute Gasteiger partial charge is 0.325 e. The minimum atomic E-state index is -1.26. The highest BCUT2D eigenvalue weighted by molar-refractivity contribution is 6.09. The molecule has 1 aliphatic carbocycles. The van der Waals surface area contributed by atoms with E-state index in [1.165, 1.54) is 6.42 Å². The fraction of sp³-hybridized carbons (Fsp3) is 0.571. The molecule has 1 saturated heterocycles. The Balaban J connectivity index is 1.48. The maximum atomic E-state index is 13.1. The molecule has 2 fully saturated rings. The second-order valence-corrected chi connectivity index (χ2v) is 8.06. The molecule has 3 aliphatic rings. The molecule has 2 N–H and O–H groups in total. The molecule has 2 heterocycles. The summed E-state index contributed by atoms with van der Waals surface area (Å²) in [5.74, 6) is 0.422. The van der Waals surface area contributed by atoms with E-state index < -0.39 is 17.5 Å². The number of amides is 4. The Bertz CT molecular complexity index is 821. The Kier molecular flexibility index (Phi) is 5.34. The number of rotatable bonds is 4. The number of hydrogen-bond acceptors (Lipinski definition) is 5. The Morgan fingerprint density at radius 2 is 1.86 bits per heavy atom. The van der Waals surface area contributed by atoms with Gasteiger partial charge in [-0.25, -0.2) is 4.79 Å². The Labute approximate surface area is 169 Å². The molecule has 1 aromatic carbocycles. The molecule has 29 heavy (non-hydrogen) atoms. The monoisotopic (exact) mass is 401 g/mol. The predicted octanol–water partition coefficient (Wildman–Crippen LogP) is 2.06. The first-order valence-electron chi connectivity index (χ1n) is 10.3. The van der Waals surface area contributed by atoms with Gasteiger partial charge < -0.3 is 20.1 Å². The van der Waals surface area contributed by atoms with Gasteiger partial charge in [0.2, 0.25) is 5.91 Å². The molecular weight excluding hydrogens is 374 g/mol. The van der Waals surface area contributed by atoms with Crippen LogP contribution >= 0.6 is 0 Å². The van der Waals surface area contributed by atoms with Crippen molar-refractivity contribution in [2.24, 2.45) is 0 Å². The number of nitrogens with zero attached hydrogens (tertiary/aromatic N) is 1. The van der Waals surface area contributed by atoms with Crippen molar-refractivity contribution in [3.8, 4) is 11.5 Å². The van der Waals surface area contributed by atoms with Gasteiger partial charge in [-0.15, -0.1) is 0 Å². The van der Waals surface area contributed by atoms with Crippen LogP contribution in [0.1, 0.15) is 51.0 Å². The van der Waals surface area contributed by atoms with Crippen LogP contribution in [0.4, 0.5) is 4.79 Å². The lowest BCUT2D eigenvalue weighted by Gasteiger charge is -2.25. The van der Waals surface area contributed by atoms with Crippen LogP contribution < -0.4 is 20.1 Å². The molecule has 0 radical (unpaired) electrons. The van der Waals surface area contributed by atoms with Crippen molar-refractivity contribution in [3.63, 3.8) is 0 Å². The van der Waals surface area contributed by atoms with E-state index in [9.17, 15) is 14.4 Å². The standard InChI is InChI=1S/C21H27N3O5/c1-21(14-8-9-16-17(12-14)29-11-5-10-28-16)19(26)24(20(27)23-21)13-18(25)22-15-6-3-2-4-7-15/h8-9,12,15H,2-7,10-11,13H2,1H3,(H,22,25)(H,23,27)/t21-/m1/s1. The van der Waals surface area contributed by atoms with Crippen LogP contribution in [0.2, 0.25) is 0 Å². The lowest BCUT2D eigenvalue weighted by molar-refractivity contribution is -0.135. The van der Waals surface area contributed by atoms with Gasteiger partial charge in [0.15, 0.2) is 11.5 Å². The fourth-order valence-corrected chi connectivity index (χ4v) is 4.17. The maximum Gasteiger partial charge on any atom is 0.325 e. The molecule has 4 amide bonds. The molecule has 0 aromatic heterocycles. The summed E-state index contributed by atoms with van der Waals surface area (Å²) in [5, 5.41) is 5.69. The average Bonchev–Trinajstić information content (AvgIpc) is 2.88. The van der Waals surface area contributed by atoms with Crippen molar-refractivity contribution in [2.45, 2.75) is 57.0 Å². The number of ether oxygens (including phenoxy) is 2. The number of nitrogens with one attached hydrogen (secondary N) is 2. The van der Waals surface area contributed by atoms with Gasteiger partial charge in [-0.2, -0.15) is 0 Å². The van der Waals surface area contributed by atoms with E-state index in [1.54, 1.807) is 25.1 Å². The zero-order valence-electron chi connectivity index (χ0n) is 16.7. The van der Waals surface area contributed by atoms with Crippen LogP contribution in [0.3, 0.4) is 0 Å². The summed E-state index contributed by atoms with van der Waals surface area (Å²) in [6, 6.07) is 4.79. The van der Waals surface area contributed by atoms with Crippen molar-refractivity contribution in [3.05, 3.63) is 23.8 Å². The molecule has 1 aromatic rings. The molecule has 8 nitrogen and oxygen atoms in total. The summed E-state index contributed by atoms with van der Waals surface area (Å²) in [6.07, 6.45) is 6.04. The van der Waals surface area contributed by atoms with Crippen LogP contribution in [-0.2, 0) is 15.1 Å². The minimum Gasteiger partial charge on any atom is -0.490 e. The summed E-state index contributed by atoms with van der Waals surface area (Å²) in [4.78, 5) is 39.0. The topological polar surface area (TPSA) is 97.0 Å². The van der Waals surface area contributed by atoms with E-state index in [0.717, 1.165) is 37.0 Å². The largest absolute Gasteiger partial charge is 0.490 e. The average molecular weight is 401 g/mol. The molecule has 0 bridgehead atoms. The molecule has 4 rings (SSSR count). The second kappa shape index (κ2) is 7.93. The number of carbonyl (C=O) groups excluding carboxylic acids is 3. The lowest BCUT2D eigenvalue weighted by Crippen LogP contribution is -2.45. The van der Waals surface area contributed by atoms with Crippen LogP contribution in [0.5, 0.6) is 11.5 Å². The number of fused-ring (bicyclic) bond motifs is 1.